The molecule has 0 aliphatic rings. The van der Waals surface area contributed by atoms with Gasteiger partial charge in [0, 0.05) is 11.6 Å². The second-order valence-corrected chi connectivity index (χ2v) is 4.14. The minimum Gasteiger partial charge on any atom is -0.463 e. The smallest absolute Gasteiger partial charge is 0.340 e. The van der Waals surface area contributed by atoms with Gasteiger partial charge >= 0.3 is 24.3 Å². The van der Waals surface area contributed by atoms with Crippen molar-refractivity contribution >= 4 is 11.9 Å². The fourth-order valence-corrected chi connectivity index (χ4v) is 0.724. The van der Waals surface area contributed by atoms with Crippen LogP contribution in [0, 0.1) is 0 Å². The number of unbranched alkanes of at least 4 members (excludes halogenated alkanes) is 1. The van der Waals surface area contributed by atoms with Gasteiger partial charge in [-0.25, -0.2) is 18.4 Å². The molecule has 4 nitrogen and oxygen atoms in total. The lowest BCUT2D eigenvalue weighted by atomic mass is 10.3. The molecular weight excluding hydrogens is 308 g/mol. The van der Waals surface area contributed by atoms with E-state index in [0.29, 0.717) is 6.61 Å². The molecule has 0 N–H and O–H groups in total. The second-order valence-electron chi connectivity index (χ2n) is 4.14. The molecule has 0 saturated carbocycles. The summed E-state index contributed by atoms with van der Waals surface area (Å²) in [4.78, 5) is 20.9. The highest BCUT2D eigenvalue weighted by atomic mass is 19.3. The average molecular weight is 328 g/mol. The Morgan fingerprint density at radius 2 is 1.82 bits per heavy atom. The minimum atomic E-state index is -4.30. The molecule has 128 valence electrons. The molecule has 0 aromatic rings. The highest BCUT2D eigenvalue weighted by molar-refractivity contribution is 5.86. The Hall–Kier alpha value is -1.86. The van der Waals surface area contributed by atoms with Crippen LogP contribution in [0.1, 0.15) is 26.7 Å². The van der Waals surface area contributed by atoms with Gasteiger partial charge in [-0.15, -0.1) is 0 Å². The van der Waals surface area contributed by atoms with E-state index in [9.17, 15) is 27.2 Å². The number of ether oxygens (including phenoxy) is 2. The Balaban J connectivity index is 0. The van der Waals surface area contributed by atoms with E-state index in [1.54, 1.807) is 0 Å². The molecule has 0 aliphatic heterocycles. The molecule has 8 heteroatoms. The van der Waals surface area contributed by atoms with Crippen molar-refractivity contribution in [2.45, 2.75) is 39.0 Å². The van der Waals surface area contributed by atoms with E-state index < -0.39 is 24.9 Å². The maximum Gasteiger partial charge on any atom is 0.340 e. The van der Waals surface area contributed by atoms with Crippen LogP contribution in [-0.4, -0.2) is 37.5 Å². The number of hydrogen-bond donors (Lipinski definition) is 0. The number of rotatable bonds is 8. The van der Waals surface area contributed by atoms with E-state index >= 15 is 0 Å². The highest BCUT2D eigenvalue weighted by Crippen LogP contribution is 2.23. The van der Waals surface area contributed by atoms with Crippen LogP contribution < -0.4 is 0 Å². The molecule has 0 bridgehead atoms. The van der Waals surface area contributed by atoms with Crippen LogP contribution >= 0.6 is 0 Å². The van der Waals surface area contributed by atoms with E-state index in [2.05, 4.69) is 22.6 Å². The molecule has 0 aliphatic carbocycles. The van der Waals surface area contributed by atoms with Crippen LogP contribution in [0.3, 0.4) is 0 Å². The average Bonchev–Trinajstić information content (AvgIpc) is 2.45. The van der Waals surface area contributed by atoms with Crippen molar-refractivity contribution in [3.8, 4) is 0 Å². The van der Waals surface area contributed by atoms with Crippen molar-refractivity contribution in [3.63, 3.8) is 0 Å². The Bertz CT molecular complexity index is 381. The van der Waals surface area contributed by atoms with Crippen molar-refractivity contribution in [1.29, 1.82) is 0 Å². The van der Waals surface area contributed by atoms with Gasteiger partial charge < -0.3 is 9.47 Å². The van der Waals surface area contributed by atoms with Gasteiger partial charge in [0.15, 0.2) is 6.61 Å². The van der Waals surface area contributed by atoms with Crippen molar-refractivity contribution in [2.75, 3.05) is 13.2 Å². The molecule has 0 amide bonds. The molecular formula is C14H20F4O4. The van der Waals surface area contributed by atoms with Crippen molar-refractivity contribution in [2.24, 2.45) is 0 Å². The summed E-state index contributed by atoms with van der Waals surface area (Å²) in [5.74, 6) is -5.74. The molecule has 0 radical (unpaired) electrons. The predicted octanol–water partition coefficient (Wildman–Crippen LogP) is 3.52. The first-order chi connectivity index (χ1) is 10.1. The van der Waals surface area contributed by atoms with Gasteiger partial charge in [-0.1, -0.05) is 26.5 Å². The predicted molar refractivity (Wildman–Crippen MR) is 72.8 cm³/mol. The lowest BCUT2D eigenvalue weighted by Crippen LogP contribution is -2.33. The zero-order valence-corrected chi connectivity index (χ0v) is 12.5. The van der Waals surface area contributed by atoms with Gasteiger partial charge in [0.05, 0.1) is 6.61 Å². The maximum atomic E-state index is 12.1. The van der Waals surface area contributed by atoms with E-state index in [1.165, 1.54) is 13.0 Å². The lowest BCUT2D eigenvalue weighted by molar-refractivity contribution is -0.176. The number of carbonyl (C=O) groups excluding carboxylic acids is 2. The summed E-state index contributed by atoms with van der Waals surface area (Å²) < 4.78 is 55.8. The number of esters is 2. The van der Waals surface area contributed by atoms with Crippen LogP contribution in [-0.2, 0) is 19.1 Å². The number of alkyl halides is 4. The first-order valence-corrected chi connectivity index (χ1v) is 6.36. The van der Waals surface area contributed by atoms with Crippen LogP contribution in [0.2, 0.25) is 0 Å². The molecule has 22 heavy (non-hydrogen) atoms. The third kappa shape index (κ3) is 11.9. The Morgan fingerprint density at radius 3 is 2.18 bits per heavy atom. The number of carbonyl (C=O) groups is 2. The summed E-state index contributed by atoms with van der Waals surface area (Å²) >= 11 is 0. The molecule has 0 rings (SSSR count). The van der Waals surface area contributed by atoms with E-state index in [0.717, 1.165) is 12.8 Å². The summed E-state index contributed by atoms with van der Waals surface area (Å²) in [6, 6.07) is 0. The molecule has 0 atom stereocenters. The first kappa shape index (κ1) is 22.4. The monoisotopic (exact) mass is 328 g/mol. The van der Waals surface area contributed by atoms with E-state index in [4.69, 9.17) is 0 Å². The fraction of sp³-hybridized carbons (Fsp3) is 0.571. The SMILES string of the molecule is C=C(C)C(=O)OCC(F)(F)C(F)F.C=CC(=O)OCCCC. The third-order valence-electron chi connectivity index (χ3n) is 1.97. The van der Waals surface area contributed by atoms with Crippen LogP contribution in [0.4, 0.5) is 17.6 Å². The van der Waals surface area contributed by atoms with Crippen LogP contribution in [0.25, 0.3) is 0 Å². The highest BCUT2D eigenvalue weighted by Gasteiger charge is 2.42. The first-order valence-electron chi connectivity index (χ1n) is 6.36. The molecule has 0 heterocycles. The van der Waals surface area contributed by atoms with Gasteiger partial charge in [-0.3, -0.25) is 0 Å². The third-order valence-corrected chi connectivity index (χ3v) is 1.97. The van der Waals surface area contributed by atoms with Gasteiger partial charge in [-0.2, -0.15) is 8.78 Å². The van der Waals surface area contributed by atoms with Crippen LogP contribution in [0.5, 0.6) is 0 Å². The van der Waals surface area contributed by atoms with E-state index in [-0.39, 0.29) is 11.5 Å². The summed E-state index contributed by atoms with van der Waals surface area (Å²) in [5, 5.41) is 0. The molecule has 0 aromatic heterocycles. The zero-order chi connectivity index (χ0) is 17.8. The maximum absolute atomic E-state index is 12.1. The van der Waals surface area contributed by atoms with Gasteiger partial charge in [0.1, 0.15) is 0 Å². The molecule has 0 aromatic carbocycles. The molecule has 0 saturated heterocycles. The van der Waals surface area contributed by atoms with Gasteiger partial charge in [0.2, 0.25) is 0 Å². The summed E-state index contributed by atoms with van der Waals surface area (Å²) in [5.41, 5.74) is -0.120. The quantitative estimate of drug-likeness (QED) is 0.296. The largest absolute Gasteiger partial charge is 0.463 e. The fourth-order valence-electron chi connectivity index (χ4n) is 0.724. The topological polar surface area (TPSA) is 52.6 Å². The van der Waals surface area contributed by atoms with E-state index in [1.807, 2.05) is 6.92 Å². The summed E-state index contributed by atoms with van der Waals surface area (Å²) in [7, 11) is 0. The van der Waals surface area contributed by atoms with Crippen LogP contribution in [0.15, 0.2) is 24.8 Å². The Morgan fingerprint density at radius 1 is 1.27 bits per heavy atom. The molecule has 0 fully saturated rings. The summed E-state index contributed by atoms with van der Waals surface area (Å²) in [6.07, 6.45) is -0.690. The van der Waals surface area contributed by atoms with Gasteiger partial charge in [0.25, 0.3) is 0 Å². The van der Waals surface area contributed by atoms with Crippen molar-refractivity contribution < 1.29 is 36.6 Å². The summed E-state index contributed by atoms with van der Waals surface area (Å²) in [6.45, 7) is 8.51. The van der Waals surface area contributed by atoms with Crippen molar-refractivity contribution in [1.82, 2.24) is 0 Å². The van der Waals surface area contributed by atoms with Crippen molar-refractivity contribution in [3.05, 3.63) is 24.8 Å². The Kier molecular flexibility index (Phi) is 12.0. The number of halogens is 4. The second kappa shape index (κ2) is 11.8. The molecule has 0 unspecified atom stereocenters. The minimum absolute atomic E-state index is 0.120. The van der Waals surface area contributed by atoms with Gasteiger partial charge in [-0.05, 0) is 13.3 Å². The Labute approximate surface area is 126 Å². The standard InChI is InChI=1S/C7H8F4O2.C7H12O2/c1-4(2)5(12)13-3-7(10,11)6(8)9;1-3-5-6-9-7(8)4-2/h6H,1,3H2,2H3;4H,2-3,5-6H2,1H3. The molecule has 0 spiro atoms. The number of hydrogen-bond acceptors (Lipinski definition) is 4. The lowest BCUT2D eigenvalue weighted by Gasteiger charge is -2.14. The normalized spacial score (nSPS) is 10.3. The zero-order valence-electron chi connectivity index (χ0n) is 12.5.